The van der Waals surface area contributed by atoms with E-state index in [2.05, 4.69) is 11.0 Å². The zero-order chi connectivity index (χ0) is 11.0. The summed E-state index contributed by atoms with van der Waals surface area (Å²) in [6.45, 7) is 1.30. The molecule has 0 heterocycles. The van der Waals surface area contributed by atoms with E-state index in [0.29, 0.717) is 12.0 Å². The lowest BCUT2D eigenvalue weighted by Gasteiger charge is -2.37. The van der Waals surface area contributed by atoms with Crippen LogP contribution < -0.4 is 0 Å². The third kappa shape index (κ3) is 2.25. The van der Waals surface area contributed by atoms with E-state index in [0.717, 1.165) is 18.4 Å². The third-order valence-corrected chi connectivity index (χ3v) is 4.50. The predicted octanol–water partition coefficient (Wildman–Crippen LogP) is 2.94. The van der Waals surface area contributed by atoms with Gasteiger partial charge in [-0.3, -0.25) is 4.90 Å². The van der Waals surface area contributed by atoms with Gasteiger partial charge in [-0.2, -0.15) is 5.26 Å². The molecule has 3 rings (SSSR count). The van der Waals surface area contributed by atoms with Gasteiger partial charge in [0.15, 0.2) is 0 Å². The normalized spacial score (nSPS) is 35.0. The Morgan fingerprint density at radius 3 is 2.38 bits per heavy atom. The van der Waals surface area contributed by atoms with Gasteiger partial charge >= 0.3 is 0 Å². The monoisotopic (exact) mass is 218 g/mol. The molecule has 0 N–H and O–H groups in total. The van der Waals surface area contributed by atoms with Crippen LogP contribution in [-0.4, -0.2) is 23.5 Å². The van der Waals surface area contributed by atoms with Crippen LogP contribution in [-0.2, 0) is 0 Å². The summed E-state index contributed by atoms with van der Waals surface area (Å²) in [5, 5.41) is 9.29. The van der Waals surface area contributed by atoms with Crippen molar-refractivity contribution in [2.45, 2.75) is 63.5 Å². The number of rotatable bonds is 4. The van der Waals surface area contributed by atoms with E-state index in [9.17, 15) is 5.26 Å². The van der Waals surface area contributed by atoms with Gasteiger partial charge in [-0.15, -0.1) is 0 Å². The molecule has 0 spiro atoms. The average Bonchev–Trinajstić information content (AvgIpc) is 3.16. The molecule has 2 heteroatoms. The van der Waals surface area contributed by atoms with Gasteiger partial charge in [-0.1, -0.05) is 12.8 Å². The Morgan fingerprint density at radius 1 is 1.00 bits per heavy atom. The van der Waals surface area contributed by atoms with Crippen molar-refractivity contribution in [1.29, 1.82) is 5.26 Å². The Bertz CT molecular complexity index is 286. The van der Waals surface area contributed by atoms with Gasteiger partial charge in [0.1, 0.15) is 0 Å². The van der Waals surface area contributed by atoms with Crippen LogP contribution in [0.3, 0.4) is 0 Å². The number of hydrogen-bond acceptors (Lipinski definition) is 2. The van der Waals surface area contributed by atoms with Crippen LogP contribution in [0.4, 0.5) is 0 Å². The van der Waals surface area contributed by atoms with Gasteiger partial charge in [0, 0.05) is 18.6 Å². The summed E-state index contributed by atoms with van der Waals surface area (Å²) in [7, 11) is 0. The van der Waals surface area contributed by atoms with E-state index < -0.39 is 0 Å². The topological polar surface area (TPSA) is 27.0 Å². The molecule has 3 saturated carbocycles. The molecule has 0 radical (unpaired) electrons. The molecule has 0 aliphatic heterocycles. The summed E-state index contributed by atoms with van der Waals surface area (Å²) >= 11 is 0. The average molecular weight is 218 g/mol. The van der Waals surface area contributed by atoms with E-state index in [1.165, 1.54) is 51.5 Å². The Morgan fingerprint density at radius 2 is 1.75 bits per heavy atom. The van der Waals surface area contributed by atoms with Crippen LogP contribution in [0.15, 0.2) is 0 Å². The fraction of sp³-hybridized carbons (Fsp3) is 0.929. The molecule has 0 saturated heterocycles. The number of hydrogen-bond donors (Lipinski definition) is 0. The standard InChI is InChI=1S/C14H22N2/c15-9-12-3-1-2-4-14(12)16(13-7-8-13)10-11-5-6-11/h11-14H,1-8,10H2. The Kier molecular flexibility index (Phi) is 2.90. The highest BCUT2D eigenvalue weighted by Gasteiger charge is 2.40. The van der Waals surface area contributed by atoms with Crippen molar-refractivity contribution in [3.05, 3.63) is 0 Å². The van der Waals surface area contributed by atoms with Crippen molar-refractivity contribution in [2.24, 2.45) is 11.8 Å². The van der Waals surface area contributed by atoms with Crippen molar-refractivity contribution in [2.75, 3.05) is 6.54 Å². The summed E-state index contributed by atoms with van der Waals surface area (Å²) < 4.78 is 0. The van der Waals surface area contributed by atoms with Crippen LogP contribution in [0.1, 0.15) is 51.4 Å². The molecule has 0 aromatic carbocycles. The van der Waals surface area contributed by atoms with Gasteiger partial charge in [0.25, 0.3) is 0 Å². The highest BCUT2D eigenvalue weighted by Crippen LogP contribution is 2.40. The summed E-state index contributed by atoms with van der Waals surface area (Å²) in [4.78, 5) is 2.73. The van der Waals surface area contributed by atoms with E-state index in [1.807, 2.05) is 0 Å². The zero-order valence-corrected chi connectivity index (χ0v) is 10.1. The fourth-order valence-electron chi connectivity index (χ4n) is 3.22. The maximum absolute atomic E-state index is 9.29. The van der Waals surface area contributed by atoms with Gasteiger partial charge < -0.3 is 0 Å². The van der Waals surface area contributed by atoms with E-state index in [4.69, 9.17) is 0 Å². The van der Waals surface area contributed by atoms with E-state index >= 15 is 0 Å². The number of nitrogens with zero attached hydrogens (tertiary/aromatic N) is 2. The fourth-order valence-corrected chi connectivity index (χ4v) is 3.22. The molecule has 3 fully saturated rings. The first kappa shape index (κ1) is 10.6. The van der Waals surface area contributed by atoms with Crippen LogP contribution in [0.5, 0.6) is 0 Å². The van der Waals surface area contributed by atoms with Crippen LogP contribution in [0.25, 0.3) is 0 Å². The molecule has 88 valence electrons. The van der Waals surface area contributed by atoms with Crippen molar-refractivity contribution < 1.29 is 0 Å². The Labute approximate surface area is 98.6 Å². The molecule has 3 aliphatic rings. The van der Waals surface area contributed by atoms with E-state index in [1.54, 1.807) is 0 Å². The maximum atomic E-state index is 9.29. The second-order valence-electron chi connectivity index (χ2n) is 5.96. The summed E-state index contributed by atoms with van der Waals surface area (Å²) in [5.41, 5.74) is 0. The lowest BCUT2D eigenvalue weighted by Crippen LogP contribution is -2.44. The molecule has 16 heavy (non-hydrogen) atoms. The van der Waals surface area contributed by atoms with Crippen LogP contribution >= 0.6 is 0 Å². The summed E-state index contributed by atoms with van der Waals surface area (Å²) in [6.07, 6.45) is 10.7. The van der Waals surface area contributed by atoms with Crippen LogP contribution in [0, 0.1) is 23.2 Å². The summed E-state index contributed by atoms with van der Waals surface area (Å²) in [5.74, 6) is 1.30. The maximum Gasteiger partial charge on any atom is 0.0672 e. The lowest BCUT2D eigenvalue weighted by molar-refractivity contribution is 0.113. The molecule has 2 unspecified atom stereocenters. The third-order valence-electron chi connectivity index (χ3n) is 4.50. The highest BCUT2D eigenvalue weighted by atomic mass is 15.2. The smallest absolute Gasteiger partial charge is 0.0672 e. The van der Waals surface area contributed by atoms with E-state index in [-0.39, 0.29) is 0 Å². The van der Waals surface area contributed by atoms with Gasteiger partial charge in [-0.25, -0.2) is 0 Å². The quantitative estimate of drug-likeness (QED) is 0.725. The molecular formula is C14H22N2. The largest absolute Gasteiger partial charge is 0.296 e. The first-order valence-electron chi connectivity index (χ1n) is 7.04. The molecule has 0 bridgehead atoms. The molecule has 2 nitrogen and oxygen atoms in total. The van der Waals surface area contributed by atoms with Crippen LogP contribution in [0.2, 0.25) is 0 Å². The Hall–Kier alpha value is -0.550. The van der Waals surface area contributed by atoms with Crippen molar-refractivity contribution in [1.82, 2.24) is 4.90 Å². The SMILES string of the molecule is N#CC1CCCCC1N(CC1CC1)C1CC1. The molecular weight excluding hydrogens is 196 g/mol. The molecule has 3 aliphatic carbocycles. The van der Waals surface area contributed by atoms with Crippen molar-refractivity contribution in [3.63, 3.8) is 0 Å². The van der Waals surface area contributed by atoms with Crippen molar-refractivity contribution >= 4 is 0 Å². The second-order valence-corrected chi connectivity index (χ2v) is 5.96. The van der Waals surface area contributed by atoms with Gasteiger partial charge in [0.2, 0.25) is 0 Å². The van der Waals surface area contributed by atoms with Gasteiger partial charge in [-0.05, 0) is 44.4 Å². The first-order valence-corrected chi connectivity index (χ1v) is 7.04. The van der Waals surface area contributed by atoms with Crippen molar-refractivity contribution in [3.8, 4) is 6.07 Å². The molecule has 2 atom stereocenters. The second kappa shape index (κ2) is 4.37. The first-order chi connectivity index (χ1) is 7.88. The molecule has 0 aromatic rings. The Balaban J connectivity index is 1.67. The summed E-state index contributed by atoms with van der Waals surface area (Å²) in [6, 6.07) is 4.02. The molecule has 0 amide bonds. The zero-order valence-electron chi connectivity index (χ0n) is 10.1. The minimum atomic E-state index is 0.327. The minimum absolute atomic E-state index is 0.327. The van der Waals surface area contributed by atoms with Gasteiger partial charge in [0.05, 0.1) is 12.0 Å². The molecule has 0 aromatic heterocycles. The predicted molar refractivity (Wildman–Crippen MR) is 63.8 cm³/mol. The highest BCUT2D eigenvalue weighted by molar-refractivity contribution is 5.00. The lowest BCUT2D eigenvalue weighted by atomic mass is 9.84. The number of nitriles is 1. The minimum Gasteiger partial charge on any atom is -0.296 e.